The fourth-order valence-corrected chi connectivity index (χ4v) is 3.91. The van der Waals surface area contributed by atoms with E-state index >= 15 is 0 Å². The third-order valence-corrected chi connectivity index (χ3v) is 5.22. The van der Waals surface area contributed by atoms with Crippen molar-refractivity contribution >= 4 is 11.3 Å². The van der Waals surface area contributed by atoms with Gasteiger partial charge in [0, 0.05) is 18.0 Å². The number of nitrogens with zero attached hydrogens (tertiary/aromatic N) is 1. The molecule has 1 aliphatic heterocycles. The van der Waals surface area contributed by atoms with Gasteiger partial charge in [-0.2, -0.15) is 0 Å². The third-order valence-electron chi connectivity index (χ3n) is 4.14. The lowest BCUT2D eigenvalue weighted by molar-refractivity contribution is 0.261. The first-order valence-corrected chi connectivity index (χ1v) is 8.71. The van der Waals surface area contributed by atoms with Crippen molar-refractivity contribution in [2.75, 3.05) is 33.8 Å². The first-order valence-electron chi connectivity index (χ1n) is 7.83. The predicted molar refractivity (Wildman–Crippen MR) is 93.1 cm³/mol. The molecule has 0 fully saturated rings. The van der Waals surface area contributed by atoms with Gasteiger partial charge in [-0.1, -0.05) is 6.07 Å². The Morgan fingerprint density at radius 3 is 2.91 bits per heavy atom. The fourth-order valence-electron chi connectivity index (χ4n) is 2.89. The Morgan fingerprint density at radius 1 is 1.32 bits per heavy atom. The summed E-state index contributed by atoms with van der Waals surface area (Å²) < 4.78 is 5.87. The van der Waals surface area contributed by atoms with Crippen LogP contribution >= 0.6 is 11.3 Å². The second kappa shape index (κ2) is 6.82. The molecule has 3 rings (SSSR count). The van der Waals surface area contributed by atoms with Crippen LogP contribution in [0, 0.1) is 6.92 Å². The number of fused-ring (bicyclic) bond motifs is 1. The lowest BCUT2D eigenvalue weighted by Gasteiger charge is -2.27. The Kier molecular flexibility index (Phi) is 4.81. The minimum atomic E-state index is 0.333. The normalized spacial score (nSPS) is 17.5. The smallest absolute Gasteiger partial charge is 0.119 e. The molecule has 0 saturated heterocycles. The molecule has 0 radical (unpaired) electrons. The maximum Gasteiger partial charge on any atom is 0.119 e. The molecule has 0 aliphatic carbocycles. The van der Waals surface area contributed by atoms with Crippen molar-refractivity contribution in [3.8, 4) is 5.75 Å². The number of nitrogens with one attached hydrogen (secondary N) is 1. The van der Waals surface area contributed by atoms with E-state index in [1.165, 1.54) is 21.6 Å². The molecule has 2 aromatic rings. The Hall–Kier alpha value is -1.36. The van der Waals surface area contributed by atoms with E-state index in [-0.39, 0.29) is 0 Å². The highest BCUT2D eigenvalue weighted by Crippen LogP contribution is 2.35. The van der Waals surface area contributed by atoms with Crippen molar-refractivity contribution in [3.05, 3.63) is 51.2 Å². The van der Waals surface area contributed by atoms with Crippen LogP contribution in [-0.2, 0) is 6.42 Å². The van der Waals surface area contributed by atoms with E-state index in [4.69, 9.17) is 4.74 Å². The van der Waals surface area contributed by atoms with Gasteiger partial charge in [0.1, 0.15) is 12.4 Å². The maximum absolute atomic E-state index is 5.87. The molecule has 1 atom stereocenters. The number of ether oxygens (including phenoxy) is 1. The number of likely N-dealkylation sites (N-methyl/N-ethyl adjacent to an activating group) is 1. The van der Waals surface area contributed by atoms with Crippen LogP contribution in [0.15, 0.2) is 29.6 Å². The van der Waals surface area contributed by atoms with Crippen molar-refractivity contribution in [2.45, 2.75) is 19.4 Å². The molecule has 118 valence electrons. The van der Waals surface area contributed by atoms with Crippen molar-refractivity contribution in [3.63, 3.8) is 0 Å². The maximum atomic E-state index is 5.87. The average molecular weight is 316 g/mol. The number of thiophene rings is 1. The van der Waals surface area contributed by atoms with E-state index in [1.807, 2.05) is 11.3 Å². The largest absolute Gasteiger partial charge is 0.492 e. The lowest BCUT2D eigenvalue weighted by atomic mass is 9.92. The summed E-state index contributed by atoms with van der Waals surface area (Å²) in [6.45, 7) is 4.89. The molecule has 0 saturated carbocycles. The molecule has 1 aromatic heterocycles. The number of rotatable bonds is 5. The van der Waals surface area contributed by atoms with E-state index in [0.717, 1.165) is 31.9 Å². The van der Waals surface area contributed by atoms with Gasteiger partial charge in [-0.05, 0) is 67.7 Å². The van der Waals surface area contributed by atoms with Gasteiger partial charge in [0.05, 0.1) is 6.04 Å². The molecular weight excluding hydrogens is 292 g/mol. The molecule has 0 amide bonds. The van der Waals surface area contributed by atoms with Gasteiger partial charge in [0.2, 0.25) is 0 Å². The molecule has 1 aromatic carbocycles. The molecule has 22 heavy (non-hydrogen) atoms. The molecule has 4 heteroatoms. The highest BCUT2D eigenvalue weighted by molar-refractivity contribution is 7.10. The second-order valence-electron chi connectivity index (χ2n) is 6.12. The van der Waals surface area contributed by atoms with Gasteiger partial charge in [-0.15, -0.1) is 11.3 Å². The minimum Gasteiger partial charge on any atom is -0.492 e. The number of hydrogen-bond acceptors (Lipinski definition) is 4. The quantitative estimate of drug-likeness (QED) is 0.916. The highest BCUT2D eigenvalue weighted by Gasteiger charge is 2.23. The second-order valence-corrected chi connectivity index (χ2v) is 7.07. The van der Waals surface area contributed by atoms with E-state index in [2.05, 4.69) is 60.9 Å². The van der Waals surface area contributed by atoms with Crippen LogP contribution < -0.4 is 10.1 Å². The first kappa shape index (κ1) is 15.5. The number of hydrogen-bond donors (Lipinski definition) is 1. The predicted octanol–water partition coefficient (Wildman–Crippen LogP) is 3.23. The van der Waals surface area contributed by atoms with Crippen LogP contribution in [0.3, 0.4) is 0 Å². The molecule has 3 nitrogen and oxygen atoms in total. The zero-order chi connectivity index (χ0) is 15.5. The number of benzene rings is 1. The van der Waals surface area contributed by atoms with Crippen LogP contribution in [0.5, 0.6) is 5.75 Å². The molecule has 2 heterocycles. The van der Waals surface area contributed by atoms with Crippen molar-refractivity contribution in [1.82, 2.24) is 10.2 Å². The van der Waals surface area contributed by atoms with Crippen LogP contribution in [0.25, 0.3) is 0 Å². The molecule has 1 N–H and O–H groups in total. The van der Waals surface area contributed by atoms with Gasteiger partial charge in [0.25, 0.3) is 0 Å². The Labute approximate surface area is 136 Å². The summed E-state index contributed by atoms with van der Waals surface area (Å²) in [5.74, 6) is 0.990. The van der Waals surface area contributed by atoms with Gasteiger partial charge in [-0.3, -0.25) is 0 Å². The van der Waals surface area contributed by atoms with E-state index < -0.39 is 0 Å². The lowest BCUT2D eigenvalue weighted by Crippen LogP contribution is -2.30. The Bertz CT molecular complexity index is 636. The van der Waals surface area contributed by atoms with Crippen LogP contribution in [0.4, 0.5) is 0 Å². The van der Waals surface area contributed by atoms with Crippen molar-refractivity contribution in [2.24, 2.45) is 0 Å². The van der Waals surface area contributed by atoms with Crippen molar-refractivity contribution < 1.29 is 4.74 Å². The SMILES string of the molecule is Cc1ccsc1C1NCCc2cc(OCCN(C)C)ccc21. The third kappa shape index (κ3) is 3.35. The van der Waals surface area contributed by atoms with Crippen molar-refractivity contribution in [1.29, 1.82) is 0 Å². The Balaban J connectivity index is 1.79. The van der Waals surface area contributed by atoms with Gasteiger partial charge in [-0.25, -0.2) is 0 Å². The summed E-state index contributed by atoms with van der Waals surface area (Å²) in [6, 6.07) is 9.10. The standard InChI is InChI=1S/C18H24N2OS/c1-13-7-11-22-18(13)17-16-5-4-15(21-10-9-20(2)3)12-14(16)6-8-19-17/h4-5,7,11-12,17,19H,6,8-10H2,1-3H3. The van der Waals surface area contributed by atoms with Gasteiger partial charge >= 0.3 is 0 Å². The number of aryl methyl sites for hydroxylation is 1. The molecule has 1 aliphatic rings. The monoisotopic (exact) mass is 316 g/mol. The first-order chi connectivity index (χ1) is 10.6. The summed E-state index contributed by atoms with van der Waals surface area (Å²) in [7, 11) is 4.13. The topological polar surface area (TPSA) is 24.5 Å². The van der Waals surface area contributed by atoms with Crippen LogP contribution in [-0.4, -0.2) is 38.7 Å². The summed E-state index contributed by atoms with van der Waals surface area (Å²) in [6.07, 6.45) is 1.07. The van der Waals surface area contributed by atoms with Gasteiger partial charge < -0.3 is 15.0 Å². The average Bonchev–Trinajstić information content (AvgIpc) is 2.92. The van der Waals surface area contributed by atoms with E-state index in [1.54, 1.807) is 0 Å². The van der Waals surface area contributed by atoms with Gasteiger partial charge in [0.15, 0.2) is 0 Å². The summed E-state index contributed by atoms with van der Waals surface area (Å²) in [5, 5.41) is 5.84. The summed E-state index contributed by atoms with van der Waals surface area (Å²) in [5.41, 5.74) is 4.19. The van der Waals surface area contributed by atoms with E-state index in [0.29, 0.717) is 6.04 Å². The molecular formula is C18H24N2OS. The summed E-state index contributed by atoms with van der Waals surface area (Å²) >= 11 is 1.84. The van der Waals surface area contributed by atoms with E-state index in [9.17, 15) is 0 Å². The zero-order valence-corrected chi connectivity index (χ0v) is 14.4. The van der Waals surface area contributed by atoms with Crippen LogP contribution in [0.1, 0.15) is 27.6 Å². The molecule has 1 unspecified atom stereocenters. The molecule has 0 spiro atoms. The summed E-state index contributed by atoms with van der Waals surface area (Å²) in [4.78, 5) is 3.57. The minimum absolute atomic E-state index is 0.333. The fraction of sp³-hybridized carbons (Fsp3) is 0.444. The highest BCUT2D eigenvalue weighted by atomic mass is 32.1. The Morgan fingerprint density at radius 2 is 2.18 bits per heavy atom. The van der Waals surface area contributed by atoms with Crippen LogP contribution in [0.2, 0.25) is 0 Å². The zero-order valence-electron chi connectivity index (χ0n) is 13.6. The molecule has 0 bridgehead atoms.